The van der Waals surface area contributed by atoms with Gasteiger partial charge in [0.05, 0.1) is 7.11 Å². The number of ether oxygens (including phenoxy) is 1. The second-order valence-electron chi connectivity index (χ2n) is 2.76. The van der Waals surface area contributed by atoms with Crippen LogP contribution in [0.25, 0.3) is 6.08 Å². The summed E-state index contributed by atoms with van der Waals surface area (Å²) in [5, 5.41) is 0.852. The molecule has 3 nitrogen and oxygen atoms in total. The van der Waals surface area contributed by atoms with Crippen LogP contribution in [-0.2, 0) is 4.74 Å². The van der Waals surface area contributed by atoms with E-state index in [0.29, 0.717) is 5.69 Å². The van der Waals surface area contributed by atoms with Crippen molar-refractivity contribution >= 4 is 23.4 Å². The van der Waals surface area contributed by atoms with Gasteiger partial charge in [-0.05, 0) is 19.4 Å². The normalized spacial score (nSPS) is 10.8. The predicted octanol–water partition coefficient (Wildman–Crippen LogP) is 2.66. The van der Waals surface area contributed by atoms with Crippen LogP contribution in [0.3, 0.4) is 0 Å². The zero-order valence-electron chi connectivity index (χ0n) is 8.53. The fourth-order valence-corrected chi connectivity index (χ4v) is 1.83. The van der Waals surface area contributed by atoms with Gasteiger partial charge in [-0.3, -0.25) is 0 Å². The van der Waals surface area contributed by atoms with Gasteiger partial charge < -0.3 is 4.74 Å². The third-order valence-electron chi connectivity index (χ3n) is 1.69. The minimum absolute atomic E-state index is 0.366. The Balaban J connectivity index is 2.93. The van der Waals surface area contributed by atoms with Gasteiger partial charge in [0.25, 0.3) is 0 Å². The molecule has 0 aliphatic carbocycles. The largest absolute Gasteiger partial charge is 0.464 e. The quantitative estimate of drug-likeness (QED) is 0.721. The van der Waals surface area contributed by atoms with E-state index < -0.39 is 0 Å². The van der Waals surface area contributed by atoms with Crippen molar-refractivity contribution in [3.8, 4) is 0 Å². The lowest BCUT2D eigenvalue weighted by Crippen LogP contribution is -2.03. The van der Waals surface area contributed by atoms with Crippen LogP contribution in [0.1, 0.15) is 33.7 Å². The van der Waals surface area contributed by atoms with E-state index in [2.05, 4.69) is 16.6 Å². The number of rotatable bonds is 3. The molecular weight excluding hydrogens is 198 g/mol. The molecule has 0 bridgehead atoms. The Morgan fingerprint density at radius 2 is 2.36 bits per heavy atom. The van der Waals surface area contributed by atoms with E-state index in [9.17, 15) is 4.79 Å². The second kappa shape index (κ2) is 4.91. The maximum atomic E-state index is 11.2. The van der Waals surface area contributed by atoms with E-state index >= 15 is 0 Å². The number of nitrogens with zero attached hydrogens (tertiary/aromatic N) is 1. The average Bonchev–Trinajstić information content (AvgIpc) is 2.55. The van der Waals surface area contributed by atoms with Crippen LogP contribution in [0, 0.1) is 6.92 Å². The van der Waals surface area contributed by atoms with Gasteiger partial charge in [-0.2, -0.15) is 0 Å². The molecule has 14 heavy (non-hydrogen) atoms. The molecule has 0 saturated carbocycles. The van der Waals surface area contributed by atoms with E-state index in [1.165, 1.54) is 18.4 Å². The lowest BCUT2D eigenvalue weighted by atomic mass is 10.4. The molecule has 1 aromatic rings. The van der Waals surface area contributed by atoms with Gasteiger partial charge in [0.2, 0.25) is 0 Å². The average molecular weight is 211 g/mol. The van der Waals surface area contributed by atoms with E-state index in [-0.39, 0.29) is 5.97 Å². The molecule has 0 aromatic carbocycles. The van der Waals surface area contributed by atoms with Gasteiger partial charge in [0.1, 0.15) is 5.01 Å². The van der Waals surface area contributed by atoms with Gasteiger partial charge in [-0.1, -0.05) is 13.0 Å². The lowest BCUT2D eigenvalue weighted by molar-refractivity contribution is 0.0594. The molecule has 0 spiro atoms. The zero-order valence-corrected chi connectivity index (χ0v) is 9.35. The van der Waals surface area contributed by atoms with Crippen molar-refractivity contribution in [2.75, 3.05) is 7.11 Å². The highest BCUT2D eigenvalue weighted by atomic mass is 32.1. The Morgan fingerprint density at radius 3 is 2.93 bits per heavy atom. The van der Waals surface area contributed by atoms with Gasteiger partial charge in [-0.15, -0.1) is 11.3 Å². The maximum absolute atomic E-state index is 11.2. The molecule has 1 aromatic heterocycles. The number of thiazole rings is 1. The molecular formula is C10H13NO2S. The summed E-state index contributed by atoms with van der Waals surface area (Å²) >= 11 is 1.50. The molecule has 0 aliphatic rings. The predicted molar refractivity (Wildman–Crippen MR) is 57.5 cm³/mol. The molecule has 0 aliphatic heterocycles. The monoisotopic (exact) mass is 211 g/mol. The fourth-order valence-electron chi connectivity index (χ4n) is 0.993. The van der Waals surface area contributed by atoms with Crippen LogP contribution in [0.4, 0.5) is 0 Å². The van der Waals surface area contributed by atoms with Crippen LogP contribution in [0.2, 0.25) is 0 Å². The number of aryl methyl sites for hydroxylation is 1. The Hall–Kier alpha value is -1.16. The van der Waals surface area contributed by atoms with Crippen molar-refractivity contribution < 1.29 is 9.53 Å². The molecule has 0 amide bonds. The highest BCUT2D eigenvalue weighted by Gasteiger charge is 2.13. The van der Waals surface area contributed by atoms with Crippen molar-refractivity contribution in [3.05, 3.63) is 21.7 Å². The molecule has 1 rings (SSSR count). The molecule has 76 valence electrons. The second-order valence-corrected chi connectivity index (χ2v) is 3.99. The number of carbonyl (C=O) groups is 1. The molecule has 4 heteroatoms. The lowest BCUT2D eigenvalue weighted by Gasteiger charge is -1.93. The van der Waals surface area contributed by atoms with Crippen molar-refractivity contribution in [3.63, 3.8) is 0 Å². The standard InChI is InChI=1S/C10H13NO2S/c1-4-5-6-8-11-9(7(2)14-8)10(12)13-3/h5-6H,4H2,1-3H3/b6-5+. The highest BCUT2D eigenvalue weighted by Crippen LogP contribution is 2.19. The van der Waals surface area contributed by atoms with Crippen LogP contribution < -0.4 is 0 Å². The summed E-state index contributed by atoms with van der Waals surface area (Å²) in [6.07, 6.45) is 4.90. The third kappa shape index (κ3) is 2.42. The van der Waals surface area contributed by atoms with Crippen LogP contribution in [-0.4, -0.2) is 18.1 Å². The summed E-state index contributed by atoms with van der Waals surface area (Å²) < 4.78 is 4.62. The topological polar surface area (TPSA) is 39.2 Å². The first-order valence-corrected chi connectivity index (χ1v) is 5.23. The van der Waals surface area contributed by atoms with Gasteiger partial charge in [-0.25, -0.2) is 9.78 Å². The molecule has 0 fully saturated rings. The Kier molecular flexibility index (Phi) is 3.83. The van der Waals surface area contributed by atoms with E-state index in [0.717, 1.165) is 16.3 Å². The summed E-state index contributed by atoms with van der Waals surface area (Å²) in [4.78, 5) is 16.3. The minimum atomic E-state index is -0.366. The zero-order chi connectivity index (χ0) is 10.6. The smallest absolute Gasteiger partial charge is 0.357 e. The minimum Gasteiger partial charge on any atom is -0.464 e. The fraction of sp³-hybridized carbons (Fsp3) is 0.400. The number of carbonyl (C=O) groups excluding carboxylic acids is 1. The van der Waals surface area contributed by atoms with Gasteiger partial charge >= 0.3 is 5.97 Å². The number of methoxy groups -OCH3 is 1. The van der Waals surface area contributed by atoms with Crippen molar-refractivity contribution in [2.45, 2.75) is 20.3 Å². The number of esters is 1. The third-order valence-corrected chi connectivity index (χ3v) is 2.62. The number of hydrogen-bond acceptors (Lipinski definition) is 4. The number of allylic oxidation sites excluding steroid dienone is 1. The molecule has 0 N–H and O–H groups in total. The molecule has 0 saturated heterocycles. The van der Waals surface area contributed by atoms with Crippen LogP contribution in [0.15, 0.2) is 6.08 Å². The summed E-state index contributed by atoms with van der Waals surface area (Å²) in [5.41, 5.74) is 0.424. The van der Waals surface area contributed by atoms with Crippen molar-refractivity contribution in [1.29, 1.82) is 0 Å². The molecule has 0 unspecified atom stereocenters. The summed E-state index contributed by atoms with van der Waals surface area (Å²) in [7, 11) is 1.36. The van der Waals surface area contributed by atoms with Crippen LogP contribution >= 0.6 is 11.3 Å². The van der Waals surface area contributed by atoms with E-state index in [4.69, 9.17) is 0 Å². The first-order chi connectivity index (χ1) is 6.69. The van der Waals surface area contributed by atoms with Crippen molar-refractivity contribution in [1.82, 2.24) is 4.98 Å². The molecule has 1 heterocycles. The Morgan fingerprint density at radius 1 is 1.64 bits per heavy atom. The number of aromatic nitrogens is 1. The first-order valence-electron chi connectivity index (χ1n) is 4.41. The van der Waals surface area contributed by atoms with Crippen molar-refractivity contribution in [2.24, 2.45) is 0 Å². The number of hydrogen-bond donors (Lipinski definition) is 0. The summed E-state index contributed by atoms with van der Waals surface area (Å²) in [6, 6.07) is 0. The Labute approximate surface area is 87.4 Å². The highest BCUT2D eigenvalue weighted by molar-refractivity contribution is 7.12. The first kappa shape index (κ1) is 10.9. The maximum Gasteiger partial charge on any atom is 0.357 e. The molecule has 0 atom stereocenters. The van der Waals surface area contributed by atoms with Gasteiger partial charge in [0, 0.05) is 4.88 Å². The molecule has 0 radical (unpaired) electrons. The van der Waals surface area contributed by atoms with E-state index in [1.807, 2.05) is 19.1 Å². The Bertz CT molecular complexity index is 355. The SMILES string of the molecule is CC/C=C/c1nc(C(=O)OC)c(C)s1. The van der Waals surface area contributed by atoms with Gasteiger partial charge in [0.15, 0.2) is 5.69 Å². The van der Waals surface area contributed by atoms with E-state index in [1.54, 1.807) is 0 Å². The van der Waals surface area contributed by atoms with Crippen LogP contribution in [0.5, 0.6) is 0 Å². The summed E-state index contributed by atoms with van der Waals surface area (Å²) in [6.45, 7) is 3.92. The summed E-state index contributed by atoms with van der Waals surface area (Å²) in [5.74, 6) is -0.366.